The number of carbonyl (C=O) groups is 1. The highest BCUT2D eigenvalue weighted by Crippen LogP contribution is 2.34. The van der Waals surface area contributed by atoms with Gasteiger partial charge in [0.05, 0.1) is 6.42 Å². The lowest BCUT2D eigenvalue weighted by atomic mass is 9.82. The molecule has 2 aromatic carbocycles. The molecule has 0 amide bonds. The van der Waals surface area contributed by atoms with Gasteiger partial charge in [0, 0.05) is 5.92 Å². The maximum atomic E-state index is 10.8. The lowest BCUT2D eigenvalue weighted by Crippen LogP contribution is -2.07. The Kier molecular flexibility index (Phi) is 6.16. The first-order valence-electron chi connectivity index (χ1n) is 8.14. The van der Waals surface area contributed by atoms with Crippen molar-refractivity contribution < 1.29 is 9.90 Å². The molecule has 0 fully saturated rings. The molecule has 0 aliphatic heterocycles. The van der Waals surface area contributed by atoms with Gasteiger partial charge in [-0.3, -0.25) is 4.79 Å². The van der Waals surface area contributed by atoms with Crippen molar-refractivity contribution in [1.82, 2.24) is 0 Å². The number of carboxylic acid groups (broad SMARTS) is 1. The Balaban J connectivity index is 2.30. The molecule has 0 radical (unpaired) electrons. The average molecular weight is 308 g/mol. The van der Waals surface area contributed by atoms with Crippen LogP contribution in [0.2, 0.25) is 0 Å². The van der Waals surface area contributed by atoms with Gasteiger partial charge in [0.1, 0.15) is 0 Å². The van der Waals surface area contributed by atoms with E-state index < -0.39 is 5.97 Å². The number of aliphatic carboxylic acids is 1. The molecule has 0 spiro atoms. The summed E-state index contributed by atoms with van der Waals surface area (Å²) in [5.41, 5.74) is 3.80. The van der Waals surface area contributed by atoms with Gasteiger partial charge in [-0.15, -0.1) is 0 Å². The molecule has 2 heteroatoms. The Bertz CT molecular complexity index is 641. The van der Waals surface area contributed by atoms with E-state index in [1.165, 1.54) is 16.7 Å². The zero-order valence-corrected chi connectivity index (χ0v) is 13.8. The van der Waals surface area contributed by atoms with E-state index in [0.29, 0.717) is 0 Å². The first-order chi connectivity index (χ1) is 11.1. The van der Waals surface area contributed by atoms with Crippen LogP contribution in [0.5, 0.6) is 0 Å². The molecule has 2 atom stereocenters. The molecular formula is C21H24O2. The van der Waals surface area contributed by atoms with Gasteiger partial charge in [0.25, 0.3) is 0 Å². The van der Waals surface area contributed by atoms with Gasteiger partial charge in [-0.25, -0.2) is 0 Å². The Labute approximate surface area is 138 Å². The van der Waals surface area contributed by atoms with Crippen LogP contribution >= 0.6 is 0 Å². The summed E-state index contributed by atoms with van der Waals surface area (Å²) in [6.07, 6.45) is 4.88. The van der Waals surface area contributed by atoms with Crippen molar-refractivity contribution in [3.63, 3.8) is 0 Å². The lowest BCUT2D eigenvalue weighted by molar-refractivity contribution is -0.136. The number of rotatable bonds is 7. The zero-order valence-electron chi connectivity index (χ0n) is 13.8. The van der Waals surface area contributed by atoms with E-state index >= 15 is 0 Å². The molecule has 0 heterocycles. The number of hydrogen-bond acceptors (Lipinski definition) is 1. The van der Waals surface area contributed by atoms with Gasteiger partial charge >= 0.3 is 5.97 Å². The highest BCUT2D eigenvalue weighted by molar-refractivity contribution is 5.68. The summed E-state index contributed by atoms with van der Waals surface area (Å²) in [5, 5.41) is 8.87. The molecule has 2 unspecified atom stereocenters. The van der Waals surface area contributed by atoms with Crippen molar-refractivity contribution in [2.75, 3.05) is 0 Å². The van der Waals surface area contributed by atoms with E-state index in [-0.39, 0.29) is 18.3 Å². The first-order valence-corrected chi connectivity index (χ1v) is 8.14. The summed E-state index contributed by atoms with van der Waals surface area (Å²) in [6, 6.07) is 19.0. The molecular weight excluding hydrogens is 284 g/mol. The van der Waals surface area contributed by atoms with Crippen LogP contribution in [0, 0.1) is 0 Å². The summed E-state index contributed by atoms with van der Waals surface area (Å²) in [4.78, 5) is 10.8. The van der Waals surface area contributed by atoms with E-state index in [2.05, 4.69) is 50.2 Å². The summed E-state index contributed by atoms with van der Waals surface area (Å²) in [7, 11) is 0. The Morgan fingerprint density at radius 1 is 1.04 bits per heavy atom. The van der Waals surface area contributed by atoms with Crippen LogP contribution in [0.15, 0.2) is 66.7 Å². The third kappa shape index (κ3) is 4.82. The van der Waals surface area contributed by atoms with Crippen LogP contribution in [0.25, 0.3) is 0 Å². The molecule has 2 nitrogen and oxygen atoms in total. The molecule has 0 aliphatic carbocycles. The quantitative estimate of drug-likeness (QED) is 0.717. The molecule has 2 rings (SSSR count). The fraction of sp³-hybridized carbons (Fsp3) is 0.286. The second-order valence-electron chi connectivity index (χ2n) is 5.85. The summed E-state index contributed by atoms with van der Waals surface area (Å²) in [6.45, 7) is 4.34. The Morgan fingerprint density at radius 3 is 2.26 bits per heavy atom. The van der Waals surface area contributed by atoms with Crippen LogP contribution in [0.4, 0.5) is 0 Å². The van der Waals surface area contributed by atoms with Gasteiger partial charge < -0.3 is 5.11 Å². The maximum absolute atomic E-state index is 10.8. The SMILES string of the molecule is CCc1ccc(C(C=CCC(=O)O)C(C)c2ccccc2)cc1. The molecule has 1 N–H and O–H groups in total. The van der Waals surface area contributed by atoms with E-state index in [9.17, 15) is 4.79 Å². The predicted octanol–water partition coefficient (Wildman–Crippen LogP) is 5.17. The van der Waals surface area contributed by atoms with Gasteiger partial charge in [-0.1, -0.05) is 80.6 Å². The van der Waals surface area contributed by atoms with Crippen molar-refractivity contribution in [2.24, 2.45) is 0 Å². The molecule has 0 bridgehead atoms. The van der Waals surface area contributed by atoms with Gasteiger partial charge in [0.2, 0.25) is 0 Å². The smallest absolute Gasteiger partial charge is 0.307 e. The molecule has 23 heavy (non-hydrogen) atoms. The largest absolute Gasteiger partial charge is 0.481 e. The van der Waals surface area contributed by atoms with Crippen molar-refractivity contribution in [1.29, 1.82) is 0 Å². The Morgan fingerprint density at radius 2 is 1.70 bits per heavy atom. The van der Waals surface area contributed by atoms with Crippen LogP contribution < -0.4 is 0 Å². The van der Waals surface area contributed by atoms with Gasteiger partial charge in [-0.05, 0) is 29.0 Å². The standard InChI is InChI=1S/C21H24O2/c1-3-17-12-14-19(15-13-17)20(10-7-11-21(22)23)16(2)18-8-5-4-6-9-18/h4-10,12-16,20H,3,11H2,1-2H3,(H,22,23). The number of hydrogen-bond donors (Lipinski definition) is 1. The lowest BCUT2D eigenvalue weighted by Gasteiger charge is -2.22. The molecule has 120 valence electrons. The minimum absolute atomic E-state index is 0.0606. The van der Waals surface area contributed by atoms with Crippen molar-refractivity contribution in [2.45, 2.75) is 38.5 Å². The zero-order chi connectivity index (χ0) is 16.7. The summed E-state index contributed by atoms with van der Waals surface area (Å²) in [5.74, 6) is -0.343. The van der Waals surface area contributed by atoms with Crippen LogP contribution in [0.3, 0.4) is 0 Å². The van der Waals surface area contributed by atoms with Gasteiger partial charge in [0.15, 0.2) is 0 Å². The molecule has 0 saturated carbocycles. The fourth-order valence-corrected chi connectivity index (χ4v) is 2.82. The van der Waals surface area contributed by atoms with Crippen LogP contribution in [-0.2, 0) is 11.2 Å². The van der Waals surface area contributed by atoms with E-state index in [0.717, 1.165) is 6.42 Å². The highest BCUT2D eigenvalue weighted by Gasteiger charge is 2.18. The van der Waals surface area contributed by atoms with Crippen molar-refractivity contribution >= 4 is 5.97 Å². The monoisotopic (exact) mass is 308 g/mol. The number of carboxylic acids is 1. The number of benzene rings is 2. The van der Waals surface area contributed by atoms with E-state index in [4.69, 9.17) is 5.11 Å². The summed E-state index contributed by atoms with van der Waals surface area (Å²) >= 11 is 0. The second kappa shape index (κ2) is 8.33. The number of aryl methyl sites for hydroxylation is 1. The highest BCUT2D eigenvalue weighted by atomic mass is 16.4. The van der Waals surface area contributed by atoms with Gasteiger partial charge in [-0.2, -0.15) is 0 Å². The normalized spacial score (nSPS) is 13.8. The number of allylic oxidation sites excluding steroid dienone is 1. The minimum Gasteiger partial charge on any atom is -0.481 e. The maximum Gasteiger partial charge on any atom is 0.307 e. The third-order valence-corrected chi connectivity index (χ3v) is 4.27. The summed E-state index contributed by atoms with van der Waals surface area (Å²) < 4.78 is 0. The molecule has 2 aromatic rings. The fourth-order valence-electron chi connectivity index (χ4n) is 2.82. The molecule has 0 saturated heterocycles. The topological polar surface area (TPSA) is 37.3 Å². The van der Waals surface area contributed by atoms with E-state index in [1.807, 2.05) is 24.3 Å². The van der Waals surface area contributed by atoms with E-state index in [1.54, 1.807) is 6.08 Å². The first kappa shape index (κ1) is 17.0. The minimum atomic E-state index is -0.798. The third-order valence-electron chi connectivity index (χ3n) is 4.27. The van der Waals surface area contributed by atoms with Crippen LogP contribution in [0.1, 0.15) is 48.8 Å². The van der Waals surface area contributed by atoms with Crippen LogP contribution in [-0.4, -0.2) is 11.1 Å². The van der Waals surface area contributed by atoms with Crippen molar-refractivity contribution in [3.8, 4) is 0 Å². The molecule has 0 aromatic heterocycles. The van der Waals surface area contributed by atoms with Crippen molar-refractivity contribution in [3.05, 3.63) is 83.4 Å². The average Bonchev–Trinajstić information content (AvgIpc) is 2.59. The Hall–Kier alpha value is -2.35. The predicted molar refractivity (Wildman–Crippen MR) is 94.8 cm³/mol. The molecule has 0 aliphatic rings. The second-order valence-corrected chi connectivity index (χ2v) is 5.85.